The van der Waals surface area contributed by atoms with Gasteiger partial charge in [0, 0.05) is 5.56 Å². The number of hydrogen-bond acceptors (Lipinski definition) is 5. The maximum atomic E-state index is 11.2. The first-order chi connectivity index (χ1) is 12.3. The number of nitrogen functional groups attached to an aromatic ring is 1. The molecule has 0 aliphatic heterocycles. The molecule has 0 radical (unpaired) electrons. The highest BCUT2D eigenvalue weighted by Crippen LogP contribution is 2.19. The molecule has 10 heteroatoms. The van der Waals surface area contributed by atoms with Crippen molar-refractivity contribution in [2.24, 2.45) is 5.73 Å². The van der Waals surface area contributed by atoms with Crippen LogP contribution in [0.4, 0.5) is 0 Å². The van der Waals surface area contributed by atoms with Gasteiger partial charge in [-0.25, -0.2) is 9.97 Å². The van der Waals surface area contributed by atoms with Gasteiger partial charge >= 0.3 is 0 Å². The summed E-state index contributed by atoms with van der Waals surface area (Å²) < 4.78 is 31.6. The minimum Gasteiger partial charge on any atom is -0.384 e. The van der Waals surface area contributed by atoms with Gasteiger partial charge in [-0.15, -0.1) is 0 Å². The third-order valence-corrected chi connectivity index (χ3v) is 4.83. The number of rotatable bonds is 4. The van der Waals surface area contributed by atoms with Gasteiger partial charge in [-0.1, -0.05) is 0 Å². The van der Waals surface area contributed by atoms with Crippen molar-refractivity contribution in [3.63, 3.8) is 0 Å². The minimum atomic E-state index is -4.27. The smallest absolute Gasteiger partial charge is 0.294 e. The summed E-state index contributed by atoms with van der Waals surface area (Å²) in [6, 6.07) is 9.44. The van der Waals surface area contributed by atoms with Gasteiger partial charge in [-0.3, -0.25) is 9.96 Å². The normalized spacial score (nSPS) is 12.0. The SMILES string of the molecule is N=C(N)c1ccc2[nH]c(Cc3nc4cc(S(=O)(=O)O)ccc4[nH]3)nc2c1. The van der Waals surface area contributed by atoms with Gasteiger partial charge in [0.1, 0.15) is 17.5 Å². The molecule has 9 nitrogen and oxygen atoms in total. The van der Waals surface area contributed by atoms with Crippen LogP contribution in [0, 0.1) is 5.41 Å². The van der Waals surface area contributed by atoms with Crippen LogP contribution in [0.2, 0.25) is 0 Å². The molecular weight excluding hydrogens is 356 g/mol. The maximum absolute atomic E-state index is 11.2. The van der Waals surface area contributed by atoms with Gasteiger partial charge in [-0.05, 0) is 36.4 Å². The van der Waals surface area contributed by atoms with Crippen LogP contribution in [0.1, 0.15) is 17.2 Å². The Morgan fingerprint density at radius 2 is 1.62 bits per heavy atom. The lowest BCUT2D eigenvalue weighted by molar-refractivity contribution is 0.483. The zero-order valence-corrected chi connectivity index (χ0v) is 14.1. The second kappa shape index (κ2) is 5.64. The van der Waals surface area contributed by atoms with Gasteiger partial charge in [0.05, 0.1) is 33.4 Å². The van der Waals surface area contributed by atoms with Gasteiger partial charge in [0.15, 0.2) is 0 Å². The Hall–Kier alpha value is -3.24. The summed E-state index contributed by atoms with van der Waals surface area (Å²) >= 11 is 0. The fourth-order valence-electron chi connectivity index (χ4n) is 2.75. The number of imidazole rings is 2. The van der Waals surface area contributed by atoms with Crippen LogP contribution in [-0.2, 0) is 16.5 Å². The summed E-state index contributed by atoms with van der Waals surface area (Å²) in [5.41, 5.74) is 8.68. The Morgan fingerprint density at radius 3 is 2.19 bits per heavy atom. The van der Waals surface area contributed by atoms with Crippen molar-refractivity contribution in [2.45, 2.75) is 11.3 Å². The van der Waals surface area contributed by atoms with E-state index < -0.39 is 10.1 Å². The average Bonchev–Trinajstić information content (AvgIpc) is 3.14. The molecule has 0 fully saturated rings. The van der Waals surface area contributed by atoms with Crippen LogP contribution < -0.4 is 5.73 Å². The molecule has 0 amide bonds. The summed E-state index contributed by atoms with van der Waals surface area (Å²) in [6.07, 6.45) is 0.375. The first-order valence-electron chi connectivity index (χ1n) is 7.59. The predicted octanol–water partition coefficient (Wildman–Crippen LogP) is 1.56. The number of amidine groups is 1. The van der Waals surface area contributed by atoms with Crippen LogP contribution in [0.15, 0.2) is 41.3 Å². The summed E-state index contributed by atoms with van der Waals surface area (Å²) in [6.45, 7) is 0. The van der Waals surface area contributed by atoms with Crippen molar-refractivity contribution >= 4 is 38.0 Å². The van der Waals surface area contributed by atoms with E-state index in [9.17, 15) is 8.42 Å². The monoisotopic (exact) mass is 370 g/mol. The second-order valence-corrected chi connectivity index (χ2v) is 7.26. The number of aromatic nitrogens is 4. The quantitative estimate of drug-likeness (QED) is 0.208. The van der Waals surface area contributed by atoms with E-state index in [2.05, 4.69) is 19.9 Å². The number of nitrogens with one attached hydrogen (secondary N) is 3. The number of nitrogens with two attached hydrogens (primary N) is 1. The molecule has 0 saturated carbocycles. The van der Waals surface area contributed by atoms with E-state index in [1.165, 1.54) is 12.1 Å². The van der Waals surface area contributed by atoms with Gasteiger partial charge in [0.25, 0.3) is 10.1 Å². The number of nitrogens with zero attached hydrogens (tertiary/aromatic N) is 2. The van der Waals surface area contributed by atoms with Crippen molar-refractivity contribution in [2.75, 3.05) is 0 Å². The van der Waals surface area contributed by atoms with Crippen molar-refractivity contribution < 1.29 is 13.0 Å². The third kappa shape index (κ3) is 2.91. The molecule has 26 heavy (non-hydrogen) atoms. The number of fused-ring (bicyclic) bond motifs is 2. The Labute approximate surface area is 147 Å². The summed E-state index contributed by atoms with van der Waals surface area (Å²) in [5, 5.41) is 7.48. The zero-order valence-electron chi connectivity index (χ0n) is 13.3. The lowest BCUT2D eigenvalue weighted by Crippen LogP contribution is -2.10. The molecule has 132 valence electrons. The minimum absolute atomic E-state index is 0.0247. The molecule has 2 heterocycles. The van der Waals surface area contributed by atoms with E-state index in [0.29, 0.717) is 40.2 Å². The first-order valence-corrected chi connectivity index (χ1v) is 9.03. The Morgan fingerprint density at radius 1 is 1.04 bits per heavy atom. The highest BCUT2D eigenvalue weighted by molar-refractivity contribution is 7.85. The van der Waals surface area contributed by atoms with Crippen molar-refractivity contribution in [1.82, 2.24) is 19.9 Å². The molecule has 0 unspecified atom stereocenters. The molecule has 0 spiro atoms. The second-order valence-electron chi connectivity index (χ2n) is 5.84. The van der Waals surface area contributed by atoms with Gasteiger partial charge in [-0.2, -0.15) is 8.42 Å². The maximum Gasteiger partial charge on any atom is 0.294 e. The lowest BCUT2D eigenvalue weighted by atomic mass is 10.2. The highest BCUT2D eigenvalue weighted by Gasteiger charge is 2.13. The molecule has 0 saturated heterocycles. The topological polar surface area (TPSA) is 162 Å². The van der Waals surface area contributed by atoms with Gasteiger partial charge < -0.3 is 15.7 Å². The molecule has 4 rings (SSSR count). The predicted molar refractivity (Wildman–Crippen MR) is 95.8 cm³/mol. The molecule has 2 aromatic heterocycles. The number of hydrogen-bond donors (Lipinski definition) is 5. The summed E-state index contributed by atoms with van der Waals surface area (Å²) in [7, 11) is -4.27. The van der Waals surface area contributed by atoms with E-state index in [4.69, 9.17) is 15.7 Å². The first kappa shape index (κ1) is 16.2. The Balaban J connectivity index is 1.68. The van der Waals surface area contributed by atoms with E-state index in [0.717, 1.165) is 5.52 Å². The molecule has 2 aromatic carbocycles. The van der Waals surface area contributed by atoms with Crippen LogP contribution in [0.25, 0.3) is 22.1 Å². The molecule has 0 bridgehead atoms. The average molecular weight is 370 g/mol. The van der Waals surface area contributed by atoms with E-state index in [1.54, 1.807) is 24.3 Å². The standard InChI is InChI=1S/C16H14N6O3S/c17-16(18)8-1-3-10-12(5-8)21-14(19-10)7-15-20-11-4-2-9(26(23,24)25)6-13(11)22-15/h1-6H,7H2,(H3,17,18)(H,19,21)(H,20,22)(H,23,24,25). The molecule has 0 atom stereocenters. The van der Waals surface area contributed by atoms with Crippen molar-refractivity contribution in [3.05, 3.63) is 53.6 Å². The Bertz CT molecular complexity index is 1270. The van der Waals surface area contributed by atoms with Crippen LogP contribution in [0.3, 0.4) is 0 Å². The van der Waals surface area contributed by atoms with Crippen molar-refractivity contribution in [3.8, 4) is 0 Å². The number of aromatic amines is 2. The number of benzene rings is 2. The Kier molecular flexibility index (Phi) is 3.53. The molecule has 6 N–H and O–H groups in total. The zero-order chi connectivity index (χ0) is 18.5. The van der Waals surface area contributed by atoms with Crippen LogP contribution in [0.5, 0.6) is 0 Å². The number of H-pyrrole nitrogens is 2. The van der Waals surface area contributed by atoms with E-state index in [1.807, 2.05) is 0 Å². The third-order valence-electron chi connectivity index (χ3n) is 3.98. The van der Waals surface area contributed by atoms with Crippen molar-refractivity contribution in [1.29, 1.82) is 5.41 Å². The van der Waals surface area contributed by atoms with Crippen LogP contribution in [-0.4, -0.2) is 38.7 Å². The van der Waals surface area contributed by atoms with Gasteiger partial charge in [0.2, 0.25) is 0 Å². The molecule has 4 aromatic rings. The summed E-state index contributed by atoms with van der Waals surface area (Å²) in [4.78, 5) is 14.9. The molecule has 0 aliphatic rings. The van der Waals surface area contributed by atoms with E-state index in [-0.39, 0.29) is 10.7 Å². The van der Waals surface area contributed by atoms with Crippen LogP contribution >= 0.6 is 0 Å². The fraction of sp³-hybridized carbons (Fsp3) is 0.0625. The fourth-order valence-corrected chi connectivity index (χ4v) is 3.25. The molecule has 0 aliphatic carbocycles. The lowest BCUT2D eigenvalue weighted by Gasteiger charge is -1.95. The molecular formula is C16H14N6O3S. The van der Waals surface area contributed by atoms with E-state index >= 15 is 0 Å². The summed E-state index contributed by atoms with van der Waals surface area (Å²) in [5.74, 6) is 1.23. The largest absolute Gasteiger partial charge is 0.384 e. The highest BCUT2D eigenvalue weighted by atomic mass is 32.2.